The smallest absolute Gasteiger partial charge is 0.432 e. The van der Waals surface area contributed by atoms with Crippen LogP contribution in [0.15, 0.2) is 12.2 Å². The lowest BCUT2D eigenvalue weighted by atomic mass is 9.70. The number of hydrogen-bond acceptors (Lipinski definition) is 4. The van der Waals surface area contributed by atoms with E-state index in [-0.39, 0.29) is 30.7 Å². The molecule has 4 heteroatoms. The van der Waals surface area contributed by atoms with Crippen LogP contribution >= 0.6 is 0 Å². The largest absolute Gasteiger partial charge is 0.508 e. The van der Waals surface area contributed by atoms with Crippen LogP contribution < -0.4 is 0 Å². The molecule has 104 valence electrons. The maximum Gasteiger partial charge on any atom is 0.508 e. The van der Waals surface area contributed by atoms with E-state index in [9.17, 15) is 4.79 Å². The van der Waals surface area contributed by atoms with Crippen molar-refractivity contribution in [2.24, 2.45) is 11.3 Å². The van der Waals surface area contributed by atoms with Crippen LogP contribution in [0.25, 0.3) is 0 Å². The van der Waals surface area contributed by atoms with E-state index < -0.39 is 6.16 Å². The van der Waals surface area contributed by atoms with Gasteiger partial charge in [-0.1, -0.05) is 26.0 Å². The Bertz CT molecular complexity index is 309. The van der Waals surface area contributed by atoms with E-state index in [0.717, 1.165) is 24.8 Å². The molecule has 2 atom stereocenters. The van der Waals surface area contributed by atoms with Crippen molar-refractivity contribution in [2.45, 2.75) is 46.1 Å². The summed E-state index contributed by atoms with van der Waals surface area (Å²) in [5.41, 5.74) is 1.22. The number of carbonyl (C=O) groups excluding carboxylic acids is 1. The lowest BCUT2D eigenvalue weighted by Gasteiger charge is -2.40. The monoisotopic (exact) mass is 256 g/mol. The van der Waals surface area contributed by atoms with Crippen molar-refractivity contribution in [3.05, 3.63) is 12.2 Å². The van der Waals surface area contributed by atoms with Crippen molar-refractivity contribution in [3.8, 4) is 0 Å². The second-order valence-electron chi connectivity index (χ2n) is 5.84. The Morgan fingerprint density at radius 3 is 2.72 bits per heavy atom. The van der Waals surface area contributed by atoms with Gasteiger partial charge in [0.1, 0.15) is 12.7 Å². The Kier molecular flexibility index (Phi) is 5.20. The maximum atomic E-state index is 11.5. The second-order valence-corrected chi connectivity index (χ2v) is 5.84. The Balaban J connectivity index is 2.61. The number of aliphatic hydroxyl groups excluding tert-OH is 1. The summed E-state index contributed by atoms with van der Waals surface area (Å²) in [5, 5.41) is 8.60. The average Bonchev–Trinajstić information content (AvgIpc) is 2.24. The van der Waals surface area contributed by atoms with E-state index >= 15 is 0 Å². The molecule has 0 aliphatic heterocycles. The van der Waals surface area contributed by atoms with Gasteiger partial charge in [0.05, 0.1) is 6.61 Å². The fourth-order valence-electron chi connectivity index (χ4n) is 2.50. The van der Waals surface area contributed by atoms with E-state index in [4.69, 9.17) is 14.6 Å². The first-order valence-corrected chi connectivity index (χ1v) is 6.45. The Morgan fingerprint density at radius 2 is 2.17 bits per heavy atom. The molecule has 2 unspecified atom stereocenters. The molecule has 1 saturated carbocycles. The Hall–Kier alpha value is -1.03. The van der Waals surface area contributed by atoms with Crippen molar-refractivity contribution >= 4 is 6.16 Å². The zero-order valence-electron chi connectivity index (χ0n) is 11.6. The van der Waals surface area contributed by atoms with Gasteiger partial charge in [-0.25, -0.2) is 4.79 Å². The molecule has 0 spiro atoms. The normalized spacial score (nSPS) is 26.4. The molecular weight excluding hydrogens is 232 g/mol. The average molecular weight is 256 g/mol. The van der Waals surface area contributed by atoms with Crippen molar-refractivity contribution in [3.63, 3.8) is 0 Å². The summed E-state index contributed by atoms with van der Waals surface area (Å²) in [7, 11) is 0. The SMILES string of the molecule is C=C(C)C1CCC(C)(C)CC1OC(=O)OCCO. The van der Waals surface area contributed by atoms with Crippen molar-refractivity contribution in [2.75, 3.05) is 13.2 Å². The molecule has 1 rings (SSSR count). The highest BCUT2D eigenvalue weighted by atomic mass is 16.7. The summed E-state index contributed by atoms with van der Waals surface area (Å²) in [6.07, 6.45) is 2.05. The third-order valence-electron chi connectivity index (χ3n) is 3.53. The molecule has 18 heavy (non-hydrogen) atoms. The number of ether oxygens (including phenoxy) is 2. The van der Waals surface area contributed by atoms with Gasteiger partial charge in [-0.05, 0) is 31.6 Å². The van der Waals surface area contributed by atoms with Gasteiger partial charge < -0.3 is 14.6 Å². The molecule has 0 aromatic heterocycles. The summed E-state index contributed by atoms with van der Waals surface area (Å²) < 4.78 is 10.1. The summed E-state index contributed by atoms with van der Waals surface area (Å²) in [5.74, 6) is 0.208. The van der Waals surface area contributed by atoms with Gasteiger partial charge in [-0.2, -0.15) is 0 Å². The van der Waals surface area contributed by atoms with Gasteiger partial charge in [-0.15, -0.1) is 0 Å². The molecule has 0 aromatic carbocycles. The van der Waals surface area contributed by atoms with Crippen LogP contribution in [0.2, 0.25) is 0 Å². The molecule has 1 aliphatic rings. The van der Waals surface area contributed by atoms with E-state index in [1.807, 2.05) is 6.92 Å². The van der Waals surface area contributed by atoms with E-state index in [1.54, 1.807) is 0 Å². The molecule has 1 aliphatic carbocycles. The lowest BCUT2D eigenvalue weighted by Crippen LogP contribution is -2.37. The third kappa shape index (κ3) is 4.33. The number of aliphatic hydroxyl groups is 1. The van der Waals surface area contributed by atoms with Crippen LogP contribution in [0.5, 0.6) is 0 Å². The number of carbonyl (C=O) groups is 1. The van der Waals surface area contributed by atoms with Crippen LogP contribution in [-0.4, -0.2) is 30.6 Å². The molecule has 4 nitrogen and oxygen atoms in total. The third-order valence-corrected chi connectivity index (χ3v) is 3.53. The Morgan fingerprint density at radius 1 is 1.50 bits per heavy atom. The van der Waals surface area contributed by atoms with Gasteiger partial charge in [0, 0.05) is 5.92 Å². The minimum atomic E-state index is -0.696. The number of rotatable bonds is 4. The molecule has 1 fully saturated rings. The van der Waals surface area contributed by atoms with Crippen LogP contribution in [0, 0.1) is 11.3 Å². The number of hydrogen-bond donors (Lipinski definition) is 1. The fraction of sp³-hybridized carbons (Fsp3) is 0.786. The highest BCUT2D eigenvalue weighted by molar-refractivity contribution is 5.60. The molecule has 0 saturated heterocycles. The quantitative estimate of drug-likeness (QED) is 0.620. The minimum Gasteiger partial charge on any atom is -0.432 e. The lowest BCUT2D eigenvalue weighted by molar-refractivity contribution is -0.0315. The first-order valence-electron chi connectivity index (χ1n) is 6.45. The highest BCUT2D eigenvalue weighted by Crippen LogP contribution is 2.42. The van der Waals surface area contributed by atoms with Gasteiger partial charge >= 0.3 is 6.16 Å². The van der Waals surface area contributed by atoms with E-state index in [2.05, 4.69) is 20.4 Å². The first-order chi connectivity index (χ1) is 8.35. The zero-order valence-corrected chi connectivity index (χ0v) is 11.6. The van der Waals surface area contributed by atoms with Gasteiger partial charge in [0.15, 0.2) is 0 Å². The molecular formula is C14H24O4. The van der Waals surface area contributed by atoms with E-state index in [0.29, 0.717) is 0 Å². The topological polar surface area (TPSA) is 55.8 Å². The van der Waals surface area contributed by atoms with Gasteiger partial charge in [-0.3, -0.25) is 0 Å². The van der Waals surface area contributed by atoms with Crippen molar-refractivity contribution in [1.82, 2.24) is 0 Å². The van der Waals surface area contributed by atoms with Crippen LogP contribution in [0.3, 0.4) is 0 Å². The van der Waals surface area contributed by atoms with Crippen molar-refractivity contribution < 1.29 is 19.4 Å². The molecule has 0 bridgehead atoms. The van der Waals surface area contributed by atoms with Crippen LogP contribution in [-0.2, 0) is 9.47 Å². The van der Waals surface area contributed by atoms with Gasteiger partial charge in [0.2, 0.25) is 0 Å². The fourth-order valence-corrected chi connectivity index (χ4v) is 2.50. The molecule has 0 radical (unpaired) electrons. The van der Waals surface area contributed by atoms with Crippen molar-refractivity contribution in [1.29, 1.82) is 0 Å². The Labute approximate surface area is 109 Å². The highest BCUT2D eigenvalue weighted by Gasteiger charge is 2.37. The van der Waals surface area contributed by atoms with E-state index in [1.165, 1.54) is 0 Å². The predicted octanol–water partition coefficient (Wildman–Crippen LogP) is 2.90. The summed E-state index contributed by atoms with van der Waals surface area (Å²) in [6, 6.07) is 0. The summed E-state index contributed by atoms with van der Waals surface area (Å²) >= 11 is 0. The zero-order chi connectivity index (χ0) is 13.8. The second kappa shape index (κ2) is 6.23. The van der Waals surface area contributed by atoms with Gasteiger partial charge in [0.25, 0.3) is 0 Å². The standard InChI is InChI=1S/C14H24O4/c1-10(2)11-5-6-14(3,4)9-12(11)18-13(16)17-8-7-15/h11-12,15H,1,5-9H2,2-4H3. The first kappa shape index (κ1) is 15.0. The van der Waals surface area contributed by atoms with Crippen LogP contribution in [0.4, 0.5) is 4.79 Å². The van der Waals surface area contributed by atoms with Crippen LogP contribution in [0.1, 0.15) is 40.0 Å². The summed E-state index contributed by atoms with van der Waals surface area (Å²) in [6.45, 7) is 10.1. The minimum absolute atomic E-state index is 0.0211. The molecule has 1 N–H and O–H groups in total. The maximum absolute atomic E-state index is 11.5. The predicted molar refractivity (Wildman–Crippen MR) is 69.2 cm³/mol. The molecule has 0 aromatic rings. The molecule has 0 heterocycles. The summed E-state index contributed by atoms with van der Waals surface area (Å²) in [4.78, 5) is 11.5. The molecule has 0 amide bonds.